The number of carbonyl (C=O) groups excluding carboxylic acids is 1. The van der Waals surface area contributed by atoms with Crippen LogP contribution in [0, 0.1) is 5.82 Å². The van der Waals surface area contributed by atoms with E-state index in [1.807, 2.05) is 6.07 Å². The predicted octanol–water partition coefficient (Wildman–Crippen LogP) is 4.38. The molecule has 0 radical (unpaired) electrons. The molecule has 1 amide bonds. The van der Waals surface area contributed by atoms with Crippen LogP contribution in [0.15, 0.2) is 67.4 Å². The Balaban J connectivity index is 1.43. The molecule has 0 fully saturated rings. The van der Waals surface area contributed by atoms with Gasteiger partial charge in [-0.15, -0.1) is 0 Å². The number of hydrogen-bond donors (Lipinski definition) is 3. The second-order valence-corrected chi connectivity index (χ2v) is 8.42. The fourth-order valence-corrected chi connectivity index (χ4v) is 4.16. The fourth-order valence-electron chi connectivity index (χ4n) is 4.16. The Morgan fingerprint density at radius 1 is 1.00 bits per heavy atom. The maximum absolute atomic E-state index is 13.4. The molecule has 0 spiro atoms. The van der Waals surface area contributed by atoms with Crippen LogP contribution in [0.3, 0.4) is 0 Å². The van der Waals surface area contributed by atoms with Crippen molar-refractivity contribution in [2.75, 3.05) is 5.01 Å². The number of nitrogens with one attached hydrogen (secondary N) is 2. The number of benzene rings is 1. The molecule has 37 heavy (non-hydrogen) atoms. The molecular formula is C26H20FN9O. The normalized spacial score (nSPS) is 11.3. The van der Waals surface area contributed by atoms with Gasteiger partial charge in [-0.25, -0.2) is 25.2 Å². The summed E-state index contributed by atoms with van der Waals surface area (Å²) >= 11 is 0. The van der Waals surface area contributed by atoms with E-state index in [-0.39, 0.29) is 18.1 Å². The average Bonchev–Trinajstić information content (AvgIpc) is 3.56. The second-order valence-electron chi connectivity index (χ2n) is 8.42. The van der Waals surface area contributed by atoms with Crippen LogP contribution in [0.25, 0.3) is 55.8 Å². The summed E-state index contributed by atoms with van der Waals surface area (Å²) in [6.07, 6.45) is 8.58. The van der Waals surface area contributed by atoms with Gasteiger partial charge in [0.05, 0.1) is 34.5 Å². The highest BCUT2D eigenvalue weighted by atomic mass is 19.1. The van der Waals surface area contributed by atoms with Crippen LogP contribution < -0.4 is 10.9 Å². The van der Waals surface area contributed by atoms with Crippen LogP contribution in [0.5, 0.6) is 0 Å². The van der Waals surface area contributed by atoms with Crippen molar-refractivity contribution in [2.24, 2.45) is 5.84 Å². The first kappa shape index (κ1) is 22.4. The molecule has 11 heteroatoms. The van der Waals surface area contributed by atoms with E-state index in [4.69, 9.17) is 10.8 Å². The van der Waals surface area contributed by atoms with Gasteiger partial charge in [-0.1, -0.05) is 19.1 Å². The Kier molecular flexibility index (Phi) is 5.38. The number of nitrogens with zero attached hydrogens (tertiary/aromatic N) is 6. The second kappa shape index (κ2) is 8.88. The van der Waals surface area contributed by atoms with E-state index >= 15 is 0 Å². The van der Waals surface area contributed by atoms with Crippen molar-refractivity contribution in [2.45, 2.75) is 13.3 Å². The van der Waals surface area contributed by atoms with E-state index in [1.165, 1.54) is 18.3 Å². The van der Waals surface area contributed by atoms with Gasteiger partial charge in [0.1, 0.15) is 11.5 Å². The van der Waals surface area contributed by atoms with Gasteiger partial charge in [0.15, 0.2) is 11.5 Å². The molecule has 182 valence electrons. The molecule has 0 aliphatic heterocycles. The van der Waals surface area contributed by atoms with E-state index in [2.05, 4.69) is 30.1 Å². The maximum atomic E-state index is 13.4. The molecule has 0 atom stereocenters. The zero-order valence-electron chi connectivity index (χ0n) is 19.6. The lowest BCUT2D eigenvalue weighted by Gasteiger charge is -2.16. The standard InChI is InChI=1S/C26H20FN9O/c1-2-22(37)36(28)18-7-15(9-29-11-18)16-8-19-24(34-35-25(19)31-10-16)26-32-21-13-30-12-20(23(21)33-26)14-3-5-17(27)6-4-14/h3-13H,2,28H2,1H3,(H,32,33)(H,31,34,35). The molecule has 4 N–H and O–H groups in total. The topological polar surface area (TPSA) is 142 Å². The predicted molar refractivity (Wildman–Crippen MR) is 137 cm³/mol. The highest BCUT2D eigenvalue weighted by Gasteiger charge is 2.17. The third-order valence-electron chi connectivity index (χ3n) is 6.10. The van der Waals surface area contributed by atoms with E-state index in [1.54, 1.807) is 49.9 Å². The van der Waals surface area contributed by atoms with Crippen molar-refractivity contribution in [1.29, 1.82) is 0 Å². The van der Waals surface area contributed by atoms with E-state index in [0.29, 0.717) is 28.4 Å². The molecule has 0 aliphatic carbocycles. The average molecular weight is 494 g/mol. The zero-order valence-corrected chi connectivity index (χ0v) is 19.6. The smallest absolute Gasteiger partial charge is 0.240 e. The monoisotopic (exact) mass is 493 g/mol. The number of fused-ring (bicyclic) bond motifs is 2. The number of carbonyl (C=O) groups is 1. The minimum Gasteiger partial charge on any atom is -0.335 e. The van der Waals surface area contributed by atoms with E-state index in [0.717, 1.165) is 38.2 Å². The molecule has 0 aliphatic rings. The molecule has 0 bridgehead atoms. The van der Waals surface area contributed by atoms with Gasteiger partial charge in [-0.05, 0) is 29.8 Å². The molecule has 0 saturated heterocycles. The molecule has 5 heterocycles. The molecular weight excluding hydrogens is 473 g/mol. The molecule has 10 nitrogen and oxygen atoms in total. The summed E-state index contributed by atoms with van der Waals surface area (Å²) in [5, 5.41) is 9.23. The van der Waals surface area contributed by atoms with Crippen molar-refractivity contribution in [3.63, 3.8) is 0 Å². The van der Waals surface area contributed by atoms with Crippen LogP contribution in [0.1, 0.15) is 13.3 Å². The van der Waals surface area contributed by atoms with Crippen LogP contribution in [0.4, 0.5) is 10.1 Å². The molecule has 5 aromatic heterocycles. The number of halogens is 1. The third-order valence-corrected chi connectivity index (χ3v) is 6.10. The number of aromatic nitrogens is 7. The number of hydrazine groups is 1. The Labute approximate surface area is 209 Å². The number of hydrogen-bond acceptors (Lipinski definition) is 7. The van der Waals surface area contributed by atoms with Crippen LogP contribution >= 0.6 is 0 Å². The summed E-state index contributed by atoms with van der Waals surface area (Å²) < 4.78 is 13.4. The molecule has 1 aromatic carbocycles. The summed E-state index contributed by atoms with van der Waals surface area (Å²) in [5.74, 6) is 5.95. The fraction of sp³-hybridized carbons (Fsp3) is 0.0769. The minimum absolute atomic E-state index is 0.218. The van der Waals surface area contributed by atoms with Crippen molar-refractivity contribution < 1.29 is 9.18 Å². The SMILES string of the molecule is CCC(=O)N(N)c1cncc(-c2cnc3[nH]nc(-c4nc5c(-c6ccc(F)cc6)cncc5[nH]4)c3c2)c1. The summed E-state index contributed by atoms with van der Waals surface area (Å²) in [5.41, 5.74) is 6.14. The highest BCUT2D eigenvalue weighted by Crippen LogP contribution is 2.32. The molecule has 0 saturated carbocycles. The van der Waals surface area contributed by atoms with Crippen molar-refractivity contribution in [3.8, 4) is 33.8 Å². The highest BCUT2D eigenvalue weighted by molar-refractivity contribution is 5.97. The molecule has 0 unspecified atom stereocenters. The third kappa shape index (κ3) is 3.96. The van der Waals surface area contributed by atoms with Crippen LogP contribution in [-0.2, 0) is 4.79 Å². The number of imidazole rings is 1. The van der Waals surface area contributed by atoms with Gasteiger partial charge >= 0.3 is 0 Å². The van der Waals surface area contributed by atoms with Crippen LogP contribution in [-0.4, -0.2) is 41.0 Å². The van der Waals surface area contributed by atoms with Gasteiger partial charge in [0, 0.05) is 41.7 Å². The number of amides is 1. The van der Waals surface area contributed by atoms with Gasteiger partial charge in [-0.2, -0.15) is 5.10 Å². The van der Waals surface area contributed by atoms with Crippen molar-refractivity contribution in [3.05, 3.63) is 73.2 Å². The summed E-state index contributed by atoms with van der Waals surface area (Å²) in [6, 6.07) is 9.91. The number of H-pyrrole nitrogens is 2. The Bertz CT molecular complexity index is 1770. The quantitative estimate of drug-likeness (QED) is 0.184. The minimum atomic E-state index is -0.310. The molecule has 6 aromatic rings. The van der Waals surface area contributed by atoms with E-state index < -0.39 is 0 Å². The van der Waals surface area contributed by atoms with Crippen LogP contribution in [0.2, 0.25) is 0 Å². The Morgan fingerprint density at radius 2 is 1.78 bits per heavy atom. The Hall–Kier alpha value is -5.03. The lowest BCUT2D eigenvalue weighted by molar-refractivity contribution is -0.118. The number of rotatable bonds is 5. The number of anilines is 1. The first-order valence-corrected chi connectivity index (χ1v) is 11.5. The van der Waals surface area contributed by atoms with Gasteiger partial charge in [0.25, 0.3) is 0 Å². The van der Waals surface area contributed by atoms with Gasteiger partial charge < -0.3 is 4.98 Å². The summed E-state index contributed by atoms with van der Waals surface area (Å²) in [4.78, 5) is 33.2. The lowest BCUT2D eigenvalue weighted by atomic mass is 10.1. The van der Waals surface area contributed by atoms with Crippen molar-refractivity contribution >= 4 is 33.7 Å². The van der Waals surface area contributed by atoms with Crippen molar-refractivity contribution in [1.82, 2.24) is 35.1 Å². The first-order valence-electron chi connectivity index (χ1n) is 11.5. The summed E-state index contributed by atoms with van der Waals surface area (Å²) in [7, 11) is 0. The number of aromatic amines is 2. The molecule has 6 rings (SSSR count). The first-order chi connectivity index (χ1) is 18.0. The van der Waals surface area contributed by atoms with E-state index in [9.17, 15) is 9.18 Å². The maximum Gasteiger partial charge on any atom is 0.240 e. The van der Waals surface area contributed by atoms with Gasteiger partial charge in [0.2, 0.25) is 5.91 Å². The van der Waals surface area contributed by atoms with Gasteiger partial charge in [-0.3, -0.25) is 19.9 Å². The number of nitrogens with two attached hydrogens (primary N) is 1. The summed E-state index contributed by atoms with van der Waals surface area (Å²) in [6.45, 7) is 1.74. The largest absolute Gasteiger partial charge is 0.335 e. The zero-order chi connectivity index (χ0) is 25.5. The number of pyridine rings is 3. The Morgan fingerprint density at radius 3 is 2.59 bits per heavy atom. The lowest BCUT2D eigenvalue weighted by Crippen LogP contribution is -2.36.